The van der Waals surface area contributed by atoms with E-state index in [4.69, 9.17) is 13.8 Å². The molecule has 0 fully saturated rings. The third-order valence-corrected chi connectivity index (χ3v) is 15.9. The summed E-state index contributed by atoms with van der Waals surface area (Å²) in [5.41, 5.74) is 0. The van der Waals surface area contributed by atoms with Gasteiger partial charge in [0.05, 0.1) is 33.8 Å². The lowest BCUT2D eigenvalue weighted by molar-refractivity contribution is -0.870. The number of amides is 1. The minimum absolute atomic E-state index is 0.0223. The number of rotatable bonds is 61. The highest BCUT2D eigenvalue weighted by atomic mass is 31.2. The monoisotopic (exact) mass is 1130 g/mol. The number of carbonyl (C=O) groups is 2. The van der Waals surface area contributed by atoms with Crippen LogP contribution in [-0.2, 0) is 27.9 Å². The number of carbonyl (C=O) groups excluding carboxylic acids is 2. The average molecular weight is 1130 g/mol. The van der Waals surface area contributed by atoms with E-state index in [2.05, 4.69) is 74.7 Å². The molecule has 0 rings (SSSR count). The predicted molar refractivity (Wildman–Crippen MR) is 339 cm³/mol. The summed E-state index contributed by atoms with van der Waals surface area (Å²) in [6.45, 7) is 6.84. The minimum atomic E-state index is -4.70. The molecule has 462 valence electrons. The Balaban J connectivity index is 5.06. The van der Waals surface area contributed by atoms with Gasteiger partial charge in [-0.05, 0) is 76.7 Å². The molecule has 3 unspecified atom stereocenters. The van der Waals surface area contributed by atoms with E-state index in [0.29, 0.717) is 17.4 Å². The van der Waals surface area contributed by atoms with E-state index in [9.17, 15) is 19.0 Å². The van der Waals surface area contributed by atoms with Gasteiger partial charge in [0, 0.05) is 12.8 Å². The maximum absolute atomic E-state index is 13.6. The summed E-state index contributed by atoms with van der Waals surface area (Å²) in [5.74, 6) is -0.534. The Morgan fingerprint density at radius 2 is 0.772 bits per heavy atom. The first-order valence-electron chi connectivity index (χ1n) is 33.6. The van der Waals surface area contributed by atoms with Crippen LogP contribution in [0.5, 0.6) is 0 Å². The number of phosphoric acid groups is 1. The summed E-state index contributed by atoms with van der Waals surface area (Å²) < 4.78 is 30.4. The van der Waals surface area contributed by atoms with Crippen LogP contribution in [-0.4, -0.2) is 69.4 Å². The molecule has 0 aliphatic carbocycles. The molecular weight excluding hydrogens is 1000 g/mol. The van der Waals surface area contributed by atoms with Crippen molar-refractivity contribution in [1.29, 1.82) is 0 Å². The first kappa shape index (κ1) is 76.7. The molecule has 0 aliphatic rings. The Hall–Kier alpha value is -2.29. The summed E-state index contributed by atoms with van der Waals surface area (Å²) in [4.78, 5) is 40.0. The minimum Gasteiger partial charge on any atom is -0.756 e. The predicted octanol–water partition coefficient (Wildman–Crippen LogP) is 20.4. The Morgan fingerprint density at radius 3 is 1.18 bits per heavy atom. The molecule has 1 N–H and O–H groups in total. The number of unbranched alkanes of at least 4 members (excludes halogenated alkanes) is 37. The van der Waals surface area contributed by atoms with Crippen LogP contribution in [0.2, 0.25) is 0 Å². The van der Waals surface area contributed by atoms with Gasteiger partial charge in [0.1, 0.15) is 19.3 Å². The van der Waals surface area contributed by atoms with Gasteiger partial charge in [-0.2, -0.15) is 0 Å². The van der Waals surface area contributed by atoms with Crippen LogP contribution in [0.25, 0.3) is 0 Å². The van der Waals surface area contributed by atoms with E-state index >= 15 is 0 Å². The maximum Gasteiger partial charge on any atom is 0.306 e. The molecule has 79 heavy (non-hydrogen) atoms. The Bertz CT molecular complexity index is 1540. The number of nitrogens with zero attached hydrogens (tertiary/aromatic N) is 1. The van der Waals surface area contributed by atoms with Gasteiger partial charge in [0.15, 0.2) is 0 Å². The van der Waals surface area contributed by atoms with Crippen LogP contribution in [0.1, 0.15) is 316 Å². The van der Waals surface area contributed by atoms with E-state index in [-0.39, 0.29) is 31.5 Å². The average Bonchev–Trinajstić information content (AvgIpc) is 3.41. The van der Waals surface area contributed by atoms with Crippen molar-refractivity contribution in [3.8, 4) is 0 Å². The summed E-state index contributed by atoms with van der Waals surface area (Å²) >= 11 is 0. The van der Waals surface area contributed by atoms with E-state index in [1.165, 1.54) is 199 Å². The Labute approximate surface area is 490 Å². The van der Waals surface area contributed by atoms with Gasteiger partial charge in [-0.1, -0.05) is 287 Å². The third kappa shape index (κ3) is 60.1. The van der Waals surface area contributed by atoms with Crippen molar-refractivity contribution in [3.05, 3.63) is 60.8 Å². The first-order chi connectivity index (χ1) is 38.4. The molecule has 0 aromatic carbocycles. The van der Waals surface area contributed by atoms with E-state index in [1.54, 1.807) is 0 Å². The van der Waals surface area contributed by atoms with Crippen molar-refractivity contribution in [3.63, 3.8) is 0 Å². The smallest absolute Gasteiger partial charge is 0.306 e. The Kier molecular flexibility index (Phi) is 57.2. The van der Waals surface area contributed by atoms with Crippen molar-refractivity contribution in [2.75, 3.05) is 40.9 Å². The van der Waals surface area contributed by atoms with Crippen LogP contribution < -0.4 is 10.2 Å². The maximum atomic E-state index is 13.6. The fourth-order valence-electron chi connectivity index (χ4n) is 9.74. The molecule has 0 spiro atoms. The van der Waals surface area contributed by atoms with Crippen molar-refractivity contribution in [1.82, 2.24) is 5.32 Å². The number of nitrogens with one attached hydrogen (secondary N) is 1. The molecular formula is C69H129N2O7P. The second-order valence-corrected chi connectivity index (χ2v) is 25.4. The lowest BCUT2D eigenvalue weighted by Gasteiger charge is -2.30. The number of esters is 1. The van der Waals surface area contributed by atoms with Crippen molar-refractivity contribution >= 4 is 19.7 Å². The van der Waals surface area contributed by atoms with Gasteiger partial charge >= 0.3 is 5.97 Å². The molecule has 0 saturated heterocycles. The highest BCUT2D eigenvalue weighted by Gasteiger charge is 2.27. The fourth-order valence-corrected chi connectivity index (χ4v) is 10.5. The number of allylic oxidation sites excluding steroid dienone is 9. The second kappa shape index (κ2) is 58.9. The zero-order valence-corrected chi connectivity index (χ0v) is 53.7. The van der Waals surface area contributed by atoms with Crippen LogP contribution in [0, 0.1) is 0 Å². The topological polar surface area (TPSA) is 114 Å². The number of phosphoric ester groups is 1. The van der Waals surface area contributed by atoms with Crippen LogP contribution >= 0.6 is 7.82 Å². The quantitative estimate of drug-likeness (QED) is 0.0212. The summed E-state index contributed by atoms with van der Waals surface area (Å²) in [7, 11) is 1.19. The molecule has 0 aliphatic heterocycles. The first-order valence-corrected chi connectivity index (χ1v) is 35.1. The largest absolute Gasteiger partial charge is 0.756 e. The molecule has 9 nitrogen and oxygen atoms in total. The number of hydrogen-bond acceptors (Lipinski definition) is 7. The molecule has 0 aromatic rings. The molecule has 1 amide bonds. The second-order valence-electron chi connectivity index (χ2n) is 24.0. The van der Waals surface area contributed by atoms with Gasteiger partial charge in [-0.25, -0.2) is 0 Å². The van der Waals surface area contributed by atoms with E-state index in [1.807, 2.05) is 33.3 Å². The summed E-state index contributed by atoms with van der Waals surface area (Å²) in [6.07, 6.45) is 74.7. The molecule has 0 bridgehead atoms. The van der Waals surface area contributed by atoms with Gasteiger partial charge in [-0.15, -0.1) is 0 Å². The van der Waals surface area contributed by atoms with Gasteiger partial charge in [0.2, 0.25) is 5.91 Å². The summed E-state index contributed by atoms with van der Waals surface area (Å²) in [6, 6.07) is -0.889. The number of likely N-dealkylation sites (N-methyl/N-ethyl adjacent to an activating group) is 1. The van der Waals surface area contributed by atoms with Crippen LogP contribution in [0.15, 0.2) is 60.8 Å². The number of quaternary nitrogens is 1. The highest BCUT2D eigenvalue weighted by Crippen LogP contribution is 2.38. The van der Waals surface area contributed by atoms with Crippen molar-refractivity contribution < 1.29 is 37.3 Å². The van der Waals surface area contributed by atoms with Crippen LogP contribution in [0.3, 0.4) is 0 Å². The molecule has 0 heterocycles. The molecule has 0 radical (unpaired) electrons. The number of ether oxygens (including phenoxy) is 1. The zero-order valence-electron chi connectivity index (χ0n) is 52.8. The van der Waals surface area contributed by atoms with E-state index in [0.717, 1.165) is 83.5 Å². The molecule has 10 heteroatoms. The fraction of sp³-hybridized carbons (Fsp3) is 0.826. The van der Waals surface area contributed by atoms with Gasteiger partial charge < -0.3 is 28.5 Å². The van der Waals surface area contributed by atoms with E-state index < -0.39 is 20.0 Å². The lowest BCUT2D eigenvalue weighted by Crippen LogP contribution is -2.47. The Morgan fingerprint density at radius 1 is 0.443 bits per heavy atom. The highest BCUT2D eigenvalue weighted by molar-refractivity contribution is 7.45. The molecule has 0 saturated carbocycles. The van der Waals surface area contributed by atoms with Crippen molar-refractivity contribution in [2.24, 2.45) is 0 Å². The SMILES string of the molecule is CCCCC/C=C\C/C=C\C/C=C\C/C=C\CCCCCCCCCCCCCC(=O)NC(COP(=O)([O-])OCC[N+](C)(C)C)C(/C=C\CCCCCCCCCCCCC)OC(=O)CCCCCCCCCCCCCCC. The third-order valence-electron chi connectivity index (χ3n) is 15.0. The zero-order chi connectivity index (χ0) is 57.9. The van der Waals surface area contributed by atoms with Crippen molar-refractivity contribution in [2.45, 2.75) is 328 Å². The van der Waals surface area contributed by atoms with Gasteiger partial charge in [-0.3, -0.25) is 14.2 Å². The number of hydrogen-bond donors (Lipinski definition) is 1. The molecule has 3 atom stereocenters. The standard InChI is InChI=1S/C69H129N2O7P/c1-7-10-13-16-19-22-25-28-29-30-31-32-33-34-35-36-37-38-39-40-41-44-46-49-52-55-58-61-68(72)70-66(65-77-79(74,75)76-64-63-71(4,5)6)67(60-57-54-51-48-45-42-26-23-20-17-14-11-8-2)78-69(73)62-59-56-53-50-47-43-27-24-21-18-15-12-9-3/h19,22,28-29,31-32,34-35,57,60,66-67H,7-18,20-21,23-27,30,33,36-56,58-59,61-65H2,1-6H3,(H-,70,72,74,75)/b22-19-,29-28-,32-31-,35-34-,60-57-. The lowest BCUT2D eigenvalue weighted by atomic mass is 10.0. The van der Waals surface area contributed by atoms with Crippen LogP contribution in [0.4, 0.5) is 0 Å². The summed E-state index contributed by atoms with van der Waals surface area (Å²) in [5, 5.41) is 3.04. The normalized spacial score (nSPS) is 14.0. The molecule has 0 aromatic heterocycles. The van der Waals surface area contributed by atoms with Gasteiger partial charge in [0.25, 0.3) is 7.82 Å².